The van der Waals surface area contributed by atoms with Crippen LogP contribution in [-0.2, 0) is 4.79 Å². The zero-order valence-electron chi connectivity index (χ0n) is 11.5. The predicted octanol–water partition coefficient (Wildman–Crippen LogP) is 3.00. The molecule has 0 aromatic heterocycles. The SMILES string of the molecule is CC(=O)N1CCC(N[C@H](C)c2ccc(Cl)cc2)CC1. The number of benzene rings is 1. The Morgan fingerprint density at radius 1 is 1.32 bits per heavy atom. The van der Waals surface area contributed by atoms with Crippen LogP contribution in [0.25, 0.3) is 0 Å². The molecule has 104 valence electrons. The zero-order chi connectivity index (χ0) is 13.8. The molecule has 1 aliphatic heterocycles. The summed E-state index contributed by atoms with van der Waals surface area (Å²) in [6.07, 6.45) is 2.05. The van der Waals surface area contributed by atoms with Crippen molar-refractivity contribution < 1.29 is 4.79 Å². The van der Waals surface area contributed by atoms with Crippen LogP contribution in [0.2, 0.25) is 5.02 Å². The Morgan fingerprint density at radius 2 is 1.89 bits per heavy atom. The third kappa shape index (κ3) is 3.95. The number of carbonyl (C=O) groups is 1. The van der Waals surface area contributed by atoms with Crippen LogP contribution in [-0.4, -0.2) is 29.9 Å². The van der Waals surface area contributed by atoms with E-state index in [9.17, 15) is 4.79 Å². The van der Waals surface area contributed by atoms with Crippen molar-refractivity contribution in [3.8, 4) is 0 Å². The molecule has 3 nitrogen and oxygen atoms in total. The summed E-state index contributed by atoms with van der Waals surface area (Å²) >= 11 is 5.90. The first-order valence-electron chi connectivity index (χ1n) is 6.83. The van der Waals surface area contributed by atoms with Crippen molar-refractivity contribution in [3.05, 3.63) is 34.9 Å². The Balaban J connectivity index is 1.85. The van der Waals surface area contributed by atoms with E-state index in [-0.39, 0.29) is 5.91 Å². The minimum absolute atomic E-state index is 0.184. The van der Waals surface area contributed by atoms with E-state index in [0.717, 1.165) is 31.0 Å². The first-order chi connectivity index (χ1) is 9.06. The number of carbonyl (C=O) groups excluding carboxylic acids is 1. The standard InChI is InChI=1S/C15H21ClN2O/c1-11(13-3-5-14(16)6-4-13)17-15-7-9-18(10-8-15)12(2)19/h3-6,11,15,17H,7-10H2,1-2H3/t11-/m1/s1. The van der Waals surface area contributed by atoms with Gasteiger partial charge in [0.25, 0.3) is 0 Å². The van der Waals surface area contributed by atoms with Crippen LogP contribution < -0.4 is 5.32 Å². The molecule has 1 aromatic rings. The van der Waals surface area contributed by atoms with Crippen molar-refractivity contribution >= 4 is 17.5 Å². The van der Waals surface area contributed by atoms with Gasteiger partial charge >= 0.3 is 0 Å². The second kappa shape index (κ2) is 6.40. The number of nitrogens with one attached hydrogen (secondary N) is 1. The molecule has 0 aliphatic carbocycles. The van der Waals surface area contributed by atoms with Gasteiger partial charge in [-0.3, -0.25) is 4.79 Å². The highest BCUT2D eigenvalue weighted by Gasteiger charge is 2.21. The summed E-state index contributed by atoms with van der Waals surface area (Å²) in [6, 6.07) is 8.77. The summed E-state index contributed by atoms with van der Waals surface area (Å²) in [6.45, 7) is 5.53. The average molecular weight is 281 g/mol. The molecule has 1 atom stereocenters. The Hall–Kier alpha value is -1.06. The third-order valence-corrected chi connectivity index (χ3v) is 4.05. The molecule has 1 amide bonds. The van der Waals surface area contributed by atoms with Gasteiger partial charge in [-0.25, -0.2) is 0 Å². The molecule has 1 heterocycles. The second-order valence-electron chi connectivity index (χ2n) is 5.22. The smallest absolute Gasteiger partial charge is 0.219 e. The van der Waals surface area contributed by atoms with E-state index in [1.54, 1.807) is 6.92 Å². The lowest BCUT2D eigenvalue weighted by Gasteiger charge is -2.33. The molecule has 0 radical (unpaired) electrons. The summed E-state index contributed by atoms with van der Waals surface area (Å²) in [5.74, 6) is 0.184. The Bertz CT molecular complexity index is 424. The Kier molecular flexibility index (Phi) is 4.83. The van der Waals surface area contributed by atoms with Crippen LogP contribution in [0.4, 0.5) is 0 Å². The number of piperidine rings is 1. The van der Waals surface area contributed by atoms with E-state index in [4.69, 9.17) is 11.6 Å². The van der Waals surface area contributed by atoms with Gasteiger partial charge in [-0.15, -0.1) is 0 Å². The van der Waals surface area contributed by atoms with Crippen molar-refractivity contribution in [2.45, 2.75) is 38.8 Å². The minimum atomic E-state index is 0.184. The summed E-state index contributed by atoms with van der Waals surface area (Å²) in [5.41, 5.74) is 1.25. The second-order valence-corrected chi connectivity index (χ2v) is 5.66. The highest BCUT2D eigenvalue weighted by Crippen LogP contribution is 2.19. The van der Waals surface area contributed by atoms with Gasteiger partial charge in [0.05, 0.1) is 0 Å². The van der Waals surface area contributed by atoms with Crippen LogP contribution in [0.5, 0.6) is 0 Å². The van der Waals surface area contributed by atoms with E-state index < -0.39 is 0 Å². The number of halogens is 1. The fraction of sp³-hybridized carbons (Fsp3) is 0.533. The fourth-order valence-corrected chi connectivity index (χ4v) is 2.69. The summed E-state index contributed by atoms with van der Waals surface area (Å²) in [7, 11) is 0. The summed E-state index contributed by atoms with van der Waals surface area (Å²) < 4.78 is 0. The van der Waals surface area contributed by atoms with E-state index in [0.29, 0.717) is 12.1 Å². The van der Waals surface area contributed by atoms with Crippen molar-refractivity contribution in [3.63, 3.8) is 0 Å². The van der Waals surface area contributed by atoms with Gasteiger partial charge in [-0.05, 0) is 37.5 Å². The molecular formula is C15H21ClN2O. The van der Waals surface area contributed by atoms with Gasteiger partial charge in [-0.2, -0.15) is 0 Å². The highest BCUT2D eigenvalue weighted by atomic mass is 35.5. The van der Waals surface area contributed by atoms with Crippen molar-refractivity contribution in [2.75, 3.05) is 13.1 Å². The highest BCUT2D eigenvalue weighted by molar-refractivity contribution is 6.30. The normalized spacial score (nSPS) is 18.4. The van der Waals surface area contributed by atoms with E-state index in [1.165, 1.54) is 5.56 Å². The molecule has 1 aliphatic rings. The van der Waals surface area contributed by atoms with Gasteiger partial charge in [-0.1, -0.05) is 23.7 Å². The molecule has 19 heavy (non-hydrogen) atoms. The topological polar surface area (TPSA) is 32.3 Å². The molecule has 0 bridgehead atoms. The maximum Gasteiger partial charge on any atom is 0.219 e. The zero-order valence-corrected chi connectivity index (χ0v) is 12.3. The lowest BCUT2D eigenvalue weighted by Crippen LogP contribution is -2.44. The van der Waals surface area contributed by atoms with E-state index in [1.807, 2.05) is 17.0 Å². The van der Waals surface area contributed by atoms with Gasteiger partial charge in [0, 0.05) is 37.1 Å². The molecule has 4 heteroatoms. The lowest BCUT2D eigenvalue weighted by atomic mass is 10.0. The van der Waals surface area contributed by atoms with Crippen molar-refractivity contribution in [1.82, 2.24) is 10.2 Å². The van der Waals surface area contributed by atoms with Crippen LogP contribution in [0.1, 0.15) is 38.3 Å². The number of nitrogens with zero attached hydrogens (tertiary/aromatic N) is 1. The number of hydrogen-bond acceptors (Lipinski definition) is 2. The van der Waals surface area contributed by atoms with Crippen LogP contribution in [0, 0.1) is 0 Å². The van der Waals surface area contributed by atoms with Gasteiger partial charge < -0.3 is 10.2 Å². The number of hydrogen-bond donors (Lipinski definition) is 1. The van der Waals surface area contributed by atoms with Crippen molar-refractivity contribution in [1.29, 1.82) is 0 Å². The Morgan fingerprint density at radius 3 is 2.42 bits per heavy atom. The lowest BCUT2D eigenvalue weighted by molar-refractivity contribution is -0.129. The number of rotatable bonds is 3. The molecule has 1 fully saturated rings. The summed E-state index contributed by atoms with van der Waals surface area (Å²) in [5, 5.41) is 4.40. The number of likely N-dealkylation sites (tertiary alicyclic amines) is 1. The predicted molar refractivity (Wildman–Crippen MR) is 78.3 cm³/mol. The fourth-order valence-electron chi connectivity index (χ4n) is 2.56. The van der Waals surface area contributed by atoms with Crippen LogP contribution >= 0.6 is 11.6 Å². The number of amides is 1. The Labute approximate surface area is 119 Å². The molecule has 1 aromatic carbocycles. The minimum Gasteiger partial charge on any atom is -0.343 e. The van der Waals surface area contributed by atoms with Gasteiger partial charge in [0.2, 0.25) is 5.91 Å². The monoisotopic (exact) mass is 280 g/mol. The van der Waals surface area contributed by atoms with Gasteiger partial charge in [0.15, 0.2) is 0 Å². The molecule has 0 unspecified atom stereocenters. The molecule has 1 N–H and O–H groups in total. The summed E-state index contributed by atoms with van der Waals surface area (Å²) in [4.78, 5) is 13.2. The largest absolute Gasteiger partial charge is 0.343 e. The first kappa shape index (κ1) is 14.4. The maximum absolute atomic E-state index is 11.3. The molecule has 0 saturated carbocycles. The average Bonchev–Trinajstić information content (AvgIpc) is 2.40. The maximum atomic E-state index is 11.3. The third-order valence-electron chi connectivity index (χ3n) is 3.80. The van der Waals surface area contributed by atoms with Crippen LogP contribution in [0.15, 0.2) is 24.3 Å². The first-order valence-corrected chi connectivity index (χ1v) is 7.21. The molecule has 0 spiro atoms. The molecule has 2 rings (SSSR count). The van der Waals surface area contributed by atoms with Gasteiger partial charge in [0.1, 0.15) is 0 Å². The van der Waals surface area contributed by atoms with Crippen molar-refractivity contribution in [2.24, 2.45) is 0 Å². The molecule has 1 saturated heterocycles. The van der Waals surface area contributed by atoms with E-state index in [2.05, 4.69) is 24.4 Å². The van der Waals surface area contributed by atoms with Crippen LogP contribution in [0.3, 0.4) is 0 Å². The molecular weight excluding hydrogens is 260 g/mol. The van der Waals surface area contributed by atoms with E-state index >= 15 is 0 Å². The quantitative estimate of drug-likeness (QED) is 0.923.